The number of hydrogen-bond acceptors (Lipinski definition) is 3. The predicted octanol–water partition coefficient (Wildman–Crippen LogP) is 3.98. The Labute approximate surface area is 152 Å². The van der Waals surface area contributed by atoms with Crippen LogP contribution < -0.4 is 4.74 Å². The molecule has 7 heteroatoms. The van der Waals surface area contributed by atoms with Crippen LogP contribution in [0.2, 0.25) is 0 Å². The smallest absolute Gasteiger partial charge is 0.471 e. The molecule has 2 unspecified atom stereocenters. The lowest BCUT2D eigenvalue weighted by Gasteiger charge is -2.31. The molecule has 1 aromatic rings. The van der Waals surface area contributed by atoms with Crippen LogP contribution >= 0.6 is 0 Å². The Morgan fingerprint density at radius 3 is 2.54 bits per heavy atom. The number of alkyl halides is 3. The number of nitrogens with zero attached hydrogens (tertiary/aromatic N) is 1. The Morgan fingerprint density at radius 2 is 1.92 bits per heavy atom. The van der Waals surface area contributed by atoms with E-state index in [9.17, 15) is 18.0 Å². The molecule has 26 heavy (non-hydrogen) atoms. The molecule has 0 saturated carbocycles. The third-order valence-corrected chi connectivity index (χ3v) is 4.51. The molecule has 0 aromatic heterocycles. The molecule has 146 valence electrons. The zero-order valence-corrected chi connectivity index (χ0v) is 15.2. The minimum Gasteiger partial charge on any atom is -0.488 e. The Morgan fingerprint density at radius 1 is 1.23 bits per heavy atom. The first-order chi connectivity index (χ1) is 12.3. The molecule has 1 aliphatic heterocycles. The van der Waals surface area contributed by atoms with Crippen LogP contribution in [-0.2, 0) is 16.0 Å². The van der Waals surface area contributed by atoms with Gasteiger partial charge in [-0.15, -0.1) is 0 Å². The third kappa shape index (κ3) is 5.90. The summed E-state index contributed by atoms with van der Waals surface area (Å²) < 4.78 is 49.4. The summed E-state index contributed by atoms with van der Waals surface area (Å²) in [6.45, 7) is 2.53. The molecule has 0 spiro atoms. The van der Waals surface area contributed by atoms with Gasteiger partial charge >= 0.3 is 12.1 Å². The van der Waals surface area contributed by atoms with E-state index < -0.39 is 18.1 Å². The van der Waals surface area contributed by atoms with Crippen LogP contribution in [0, 0.1) is 0 Å². The van der Waals surface area contributed by atoms with Gasteiger partial charge < -0.3 is 14.4 Å². The van der Waals surface area contributed by atoms with Gasteiger partial charge in [0, 0.05) is 19.7 Å². The highest BCUT2D eigenvalue weighted by Gasteiger charge is 2.44. The molecular formula is C19H26F3NO3. The molecule has 1 aliphatic rings. The fourth-order valence-corrected chi connectivity index (χ4v) is 3.30. The van der Waals surface area contributed by atoms with E-state index in [2.05, 4.69) is 0 Å². The molecule has 4 nitrogen and oxygen atoms in total. The van der Waals surface area contributed by atoms with Crippen molar-refractivity contribution in [3.05, 3.63) is 29.8 Å². The van der Waals surface area contributed by atoms with E-state index in [1.807, 2.05) is 19.1 Å². The second-order valence-corrected chi connectivity index (χ2v) is 6.73. The lowest BCUT2D eigenvalue weighted by molar-refractivity contribution is -0.187. The monoisotopic (exact) mass is 373 g/mol. The van der Waals surface area contributed by atoms with Crippen molar-refractivity contribution in [2.24, 2.45) is 0 Å². The summed E-state index contributed by atoms with van der Waals surface area (Å²) in [5.41, 5.74) is 0.892. The topological polar surface area (TPSA) is 38.8 Å². The average molecular weight is 373 g/mol. The Kier molecular flexibility index (Phi) is 7.32. The minimum atomic E-state index is -4.82. The largest absolute Gasteiger partial charge is 0.488 e. The maximum atomic E-state index is 12.9. The second-order valence-electron chi connectivity index (χ2n) is 6.73. The number of hydrogen-bond donors (Lipinski definition) is 0. The quantitative estimate of drug-likeness (QED) is 0.757. The highest BCUT2D eigenvalue weighted by molar-refractivity contribution is 5.82. The van der Waals surface area contributed by atoms with Gasteiger partial charge in [-0.2, -0.15) is 13.2 Å². The van der Waals surface area contributed by atoms with Crippen molar-refractivity contribution in [1.29, 1.82) is 0 Å². The Hall–Kier alpha value is -1.76. The molecule has 2 rings (SSSR count). The highest BCUT2D eigenvalue weighted by Crippen LogP contribution is 2.27. The van der Waals surface area contributed by atoms with E-state index in [1.165, 1.54) is 0 Å². The molecular weight excluding hydrogens is 347 g/mol. The lowest BCUT2D eigenvalue weighted by atomic mass is 10.0. The van der Waals surface area contributed by atoms with Gasteiger partial charge in [-0.05, 0) is 43.9 Å². The SMILES string of the molecule is COCC(C)Oc1ccc(CC2CCCCCN2C(=O)C(F)(F)F)cc1. The molecule has 2 atom stereocenters. The van der Waals surface area contributed by atoms with Crippen LogP contribution in [-0.4, -0.2) is 49.4 Å². The van der Waals surface area contributed by atoms with E-state index in [0.717, 1.165) is 23.3 Å². The number of carbonyl (C=O) groups is 1. The molecule has 1 aromatic carbocycles. The van der Waals surface area contributed by atoms with Gasteiger partial charge in [0.1, 0.15) is 11.9 Å². The van der Waals surface area contributed by atoms with Gasteiger partial charge in [0.05, 0.1) is 6.61 Å². The summed E-state index contributed by atoms with van der Waals surface area (Å²) in [5.74, 6) is -1.04. The van der Waals surface area contributed by atoms with Crippen molar-refractivity contribution in [2.45, 2.75) is 57.3 Å². The van der Waals surface area contributed by atoms with Gasteiger partial charge in [-0.25, -0.2) is 0 Å². The fraction of sp³-hybridized carbons (Fsp3) is 0.632. The van der Waals surface area contributed by atoms with Crippen molar-refractivity contribution in [2.75, 3.05) is 20.3 Å². The summed E-state index contributed by atoms with van der Waals surface area (Å²) in [4.78, 5) is 12.8. The number of halogens is 3. The van der Waals surface area contributed by atoms with Crippen LogP contribution in [0.3, 0.4) is 0 Å². The first-order valence-electron chi connectivity index (χ1n) is 8.93. The molecule has 0 radical (unpaired) electrons. The molecule has 1 amide bonds. The summed E-state index contributed by atoms with van der Waals surface area (Å²) in [5, 5.41) is 0. The molecule has 0 N–H and O–H groups in total. The summed E-state index contributed by atoms with van der Waals surface area (Å²) in [6, 6.07) is 6.86. The fourth-order valence-electron chi connectivity index (χ4n) is 3.30. The van der Waals surface area contributed by atoms with E-state index in [1.54, 1.807) is 19.2 Å². The van der Waals surface area contributed by atoms with E-state index in [-0.39, 0.29) is 12.6 Å². The van der Waals surface area contributed by atoms with Crippen LogP contribution in [0.1, 0.15) is 38.2 Å². The van der Waals surface area contributed by atoms with Gasteiger partial charge in [-0.3, -0.25) is 4.79 Å². The molecule has 0 bridgehead atoms. The normalized spacial score (nSPS) is 19.7. The zero-order chi connectivity index (χ0) is 19.2. The van der Waals surface area contributed by atoms with Gasteiger partial charge in [0.15, 0.2) is 0 Å². The maximum absolute atomic E-state index is 12.9. The van der Waals surface area contributed by atoms with Gasteiger partial charge in [0.25, 0.3) is 0 Å². The zero-order valence-electron chi connectivity index (χ0n) is 15.2. The predicted molar refractivity (Wildman–Crippen MR) is 92.1 cm³/mol. The lowest BCUT2D eigenvalue weighted by Crippen LogP contribution is -2.47. The number of amides is 1. The van der Waals surface area contributed by atoms with Crippen molar-refractivity contribution < 1.29 is 27.4 Å². The van der Waals surface area contributed by atoms with Crippen molar-refractivity contribution >= 4 is 5.91 Å². The van der Waals surface area contributed by atoms with Gasteiger partial charge in [0.2, 0.25) is 0 Å². The van der Waals surface area contributed by atoms with Crippen LogP contribution in [0.5, 0.6) is 5.75 Å². The van der Waals surface area contributed by atoms with Crippen molar-refractivity contribution in [1.82, 2.24) is 4.90 Å². The summed E-state index contributed by atoms with van der Waals surface area (Å²) >= 11 is 0. The van der Waals surface area contributed by atoms with Crippen LogP contribution in [0.25, 0.3) is 0 Å². The highest BCUT2D eigenvalue weighted by atomic mass is 19.4. The summed E-state index contributed by atoms with van der Waals surface area (Å²) in [7, 11) is 1.60. The van der Waals surface area contributed by atoms with Crippen molar-refractivity contribution in [3.8, 4) is 5.75 Å². The summed E-state index contributed by atoms with van der Waals surface area (Å²) in [6.07, 6.45) is -1.61. The number of ether oxygens (including phenoxy) is 2. The first kappa shape index (κ1) is 20.6. The van der Waals surface area contributed by atoms with Crippen molar-refractivity contribution in [3.63, 3.8) is 0 Å². The van der Waals surface area contributed by atoms with Crippen LogP contribution in [0.4, 0.5) is 13.2 Å². The minimum absolute atomic E-state index is 0.0902. The number of carbonyl (C=O) groups excluding carboxylic acids is 1. The molecule has 0 aliphatic carbocycles. The maximum Gasteiger partial charge on any atom is 0.471 e. The van der Waals surface area contributed by atoms with Gasteiger partial charge in [-0.1, -0.05) is 25.0 Å². The number of benzene rings is 1. The average Bonchev–Trinajstić information content (AvgIpc) is 2.80. The second kappa shape index (κ2) is 9.26. The van der Waals surface area contributed by atoms with E-state index in [4.69, 9.17) is 9.47 Å². The first-order valence-corrected chi connectivity index (χ1v) is 8.93. The van der Waals surface area contributed by atoms with E-state index >= 15 is 0 Å². The number of methoxy groups -OCH3 is 1. The Bertz CT molecular complexity index is 574. The molecule has 1 heterocycles. The standard InChI is InChI=1S/C19H26F3NO3/c1-14(13-25-2)26-17-9-7-15(8-10-17)12-16-6-4-3-5-11-23(16)18(24)19(20,21)22/h7-10,14,16H,3-6,11-13H2,1-2H3. The van der Waals surface area contributed by atoms with Crippen LogP contribution in [0.15, 0.2) is 24.3 Å². The molecule has 1 fully saturated rings. The number of likely N-dealkylation sites (tertiary alicyclic amines) is 1. The number of rotatable bonds is 6. The third-order valence-electron chi connectivity index (χ3n) is 4.51. The Balaban J connectivity index is 2.05. The molecule has 1 saturated heterocycles. The van der Waals surface area contributed by atoms with E-state index in [0.29, 0.717) is 31.6 Å².